The fourth-order valence-electron chi connectivity index (χ4n) is 4.62. The smallest absolute Gasteiger partial charge is 0.460 e. The molecule has 0 rings (SSSR count). The number of rotatable bonds is 24. The molecule has 0 aliphatic heterocycles. The fourth-order valence-corrected chi connectivity index (χ4v) is 4.62. The van der Waals surface area contributed by atoms with E-state index in [0.29, 0.717) is 6.42 Å². The van der Waals surface area contributed by atoms with E-state index < -0.39 is 53.8 Å². The predicted octanol–water partition coefficient (Wildman–Crippen LogP) is 8.52. The first-order chi connectivity index (χ1) is 20.4. The van der Waals surface area contributed by atoms with Gasteiger partial charge in [-0.05, 0) is 31.1 Å². The molecule has 0 aliphatic rings. The van der Waals surface area contributed by atoms with Gasteiger partial charge in [0.1, 0.15) is 12.1 Å². The summed E-state index contributed by atoms with van der Waals surface area (Å²) in [4.78, 5) is 37.5. The standard InChI is InChI=1S/C31H53F7N2O4/c1-6-7-8-9-10-11-12-13-14-15-16-17-18-19-44-27(42)25(21-23(4)5)39-26(41)24(20-22(2)3)40-28(43)29(32,33)30(34,35)31(36,37)38/h22-25H,6-21H2,1-5H3,(H,39,41)(H,40,43). The molecule has 2 N–H and O–H groups in total. The number of amides is 2. The zero-order valence-corrected chi connectivity index (χ0v) is 26.9. The lowest BCUT2D eigenvalue weighted by atomic mass is 10.00. The molecule has 44 heavy (non-hydrogen) atoms. The summed E-state index contributed by atoms with van der Waals surface area (Å²) in [7, 11) is 0. The number of halogens is 7. The Labute approximate surface area is 258 Å². The first-order valence-electron chi connectivity index (χ1n) is 16.0. The molecule has 2 atom stereocenters. The van der Waals surface area contributed by atoms with Gasteiger partial charge in [-0.1, -0.05) is 112 Å². The number of unbranched alkanes of at least 4 members (excludes halogenated alkanes) is 12. The topological polar surface area (TPSA) is 84.5 Å². The highest BCUT2D eigenvalue weighted by atomic mass is 19.4. The van der Waals surface area contributed by atoms with Crippen molar-refractivity contribution < 1.29 is 49.9 Å². The normalized spacial score (nSPS) is 14.0. The van der Waals surface area contributed by atoms with Crippen LogP contribution in [0.15, 0.2) is 0 Å². The lowest BCUT2D eigenvalue weighted by Crippen LogP contribution is -2.62. The van der Waals surface area contributed by atoms with Crippen molar-refractivity contribution in [2.75, 3.05) is 6.61 Å². The fraction of sp³-hybridized carbons (Fsp3) is 0.903. The summed E-state index contributed by atoms with van der Waals surface area (Å²) in [6.45, 7) is 8.81. The minimum Gasteiger partial charge on any atom is -0.464 e. The molecule has 0 fully saturated rings. The van der Waals surface area contributed by atoms with Gasteiger partial charge in [-0.3, -0.25) is 9.59 Å². The van der Waals surface area contributed by atoms with Crippen molar-refractivity contribution in [1.29, 1.82) is 0 Å². The zero-order chi connectivity index (χ0) is 34.0. The van der Waals surface area contributed by atoms with Gasteiger partial charge in [-0.2, -0.15) is 30.7 Å². The molecule has 0 radical (unpaired) electrons. The Morgan fingerprint density at radius 2 is 1.02 bits per heavy atom. The lowest BCUT2D eigenvalue weighted by Gasteiger charge is -2.29. The third-order valence-electron chi connectivity index (χ3n) is 7.16. The molecule has 0 spiro atoms. The van der Waals surface area contributed by atoms with Crippen LogP contribution in [-0.2, 0) is 19.1 Å². The van der Waals surface area contributed by atoms with Crippen LogP contribution in [-0.4, -0.2) is 54.5 Å². The second-order valence-electron chi connectivity index (χ2n) is 12.4. The van der Waals surface area contributed by atoms with Gasteiger partial charge in [0.15, 0.2) is 0 Å². The van der Waals surface area contributed by atoms with Crippen molar-refractivity contribution in [3.05, 3.63) is 0 Å². The molecule has 0 aromatic heterocycles. The average Bonchev–Trinajstić information content (AvgIpc) is 2.90. The highest BCUT2D eigenvalue weighted by Gasteiger charge is 2.76. The third-order valence-corrected chi connectivity index (χ3v) is 7.16. The zero-order valence-electron chi connectivity index (χ0n) is 26.9. The van der Waals surface area contributed by atoms with Crippen LogP contribution in [0.1, 0.15) is 131 Å². The summed E-state index contributed by atoms with van der Waals surface area (Å²) >= 11 is 0. The highest BCUT2D eigenvalue weighted by molar-refractivity contribution is 5.93. The van der Waals surface area contributed by atoms with Gasteiger partial charge < -0.3 is 15.4 Å². The van der Waals surface area contributed by atoms with Crippen molar-refractivity contribution in [2.45, 2.75) is 161 Å². The second kappa shape index (κ2) is 20.9. The number of esters is 1. The molecule has 0 aliphatic carbocycles. The number of hydrogen-bond acceptors (Lipinski definition) is 4. The summed E-state index contributed by atoms with van der Waals surface area (Å²) in [6.07, 6.45) is 7.77. The maximum atomic E-state index is 13.9. The van der Waals surface area contributed by atoms with Crippen LogP contribution < -0.4 is 10.6 Å². The molecule has 2 amide bonds. The Morgan fingerprint density at radius 1 is 0.614 bits per heavy atom. The minimum atomic E-state index is -6.71. The number of hydrogen-bond donors (Lipinski definition) is 2. The maximum Gasteiger partial charge on any atom is 0.460 e. The van der Waals surface area contributed by atoms with E-state index in [1.54, 1.807) is 13.8 Å². The summed E-state index contributed by atoms with van der Waals surface area (Å²) < 4.78 is 97.4. The van der Waals surface area contributed by atoms with Crippen molar-refractivity contribution in [3.8, 4) is 0 Å². The lowest BCUT2D eigenvalue weighted by molar-refractivity contribution is -0.344. The first kappa shape index (κ1) is 41.9. The van der Waals surface area contributed by atoms with Gasteiger partial charge in [0.25, 0.3) is 5.91 Å². The highest BCUT2D eigenvalue weighted by Crippen LogP contribution is 2.46. The molecular weight excluding hydrogens is 597 g/mol. The van der Waals surface area contributed by atoms with E-state index in [-0.39, 0.29) is 25.4 Å². The molecule has 13 heteroatoms. The molecule has 2 unspecified atom stereocenters. The number of ether oxygens (including phenoxy) is 1. The van der Waals surface area contributed by atoms with Crippen LogP contribution in [0.4, 0.5) is 30.7 Å². The van der Waals surface area contributed by atoms with Gasteiger partial charge in [-0.25, -0.2) is 4.79 Å². The third kappa shape index (κ3) is 15.8. The predicted molar refractivity (Wildman–Crippen MR) is 155 cm³/mol. The first-order valence-corrected chi connectivity index (χ1v) is 16.0. The van der Waals surface area contributed by atoms with E-state index in [1.807, 2.05) is 0 Å². The van der Waals surface area contributed by atoms with E-state index in [2.05, 4.69) is 12.2 Å². The van der Waals surface area contributed by atoms with Crippen LogP contribution in [0, 0.1) is 11.8 Å². The Hall–Kier alpha value is -2.08. The maximum absolute atomic E-state index is 13.9. The number of nitrogens with one attached hydrogen (secondary N) is 2. The monoisotopic (exact) mass is 650 g/mol. The molecule has 6 nitrogen and oxygen atoms in total. The van der Waals surface area contributed by atoms with E-state index in [4.69, 9.17) is 4.74 Å². The SMILES string of the molecule is CCCCCCCCCCCCCCCOC(=O)C(CC(C)C)NC(=O)C(CC(C)C)NC(=O)C(F)(F)C(F)(F)C(F)(F)F. The van der Waals surface area contributed by atoms with Gasteiger partial charge in [-0.15, -0.1) is 0 Å². The Balaban J connectivity index is 4.89. The van der Waals surface area contributed by atoms with Gasteiger partial charge >= 0.3 is 24.0 Å². The van der Waals surface area contributed by atoms with Crippen LogP contribution in [0.3, 0.4) is 0 Å². The Kier molecular flexibility index (Phi) is 19.9. The van der Waals surface area contributed by atoms with Crippen LogP contribution in [0.5, 0.6) is 0 Å². The summed E-state index contributed by atoms with van der Waals surface area (Å²) in [5.74, 6) is -18.4. The van der Waals surface area contributed by atoms with Crippen LogP contribution >= 0.6 is 0 Å². The van der Waals surface area contributed by atoms with E-state index in [0.717, 1.165) is 25.7 Å². The molecule has 0 aromatic carbocycles. The van der Waals surface area contributed by atoms with E-state index in [1.165, 1.54) is 70.5 Å². The molecule has 0 bridgehead atoms. The van der Waals surface area contributed by atoms with E-state index in [9.17, 15) is 45.1 Å². The van der Waals surface area contributed by atoms with E-state index >= 15 is 0 Å². The summed E-state index contributed by atoms with van der Waals surface area (Å²) in [6, 6.07) is -3.14. The molecule has 0 saturated carbocycles. The molecule has 0 saturated heterocycles. The van der Waals surface area contributed by atoms with Gasteiger partial charge in [0.2, 0.25) is 5.91 Å². The molecule has 0 aromatic rings. The molecule has 260 valence electrons. The van der Waals surface area contributed by atoms with Crippen LogP contribution in [0.2, 0.25) is 0 Å². The van der Waals surface area contributed by atoms with Gasteiger partial charge in [0, 0.05) is 0 Å². The van der Waals surface area contributed by atoms with Crippen molar-refractivity contribution in [2.24, 2.45) is 11.8 Å². The number of carbonyl (C=O) groups is 3. The Bertz CT molecular complexity index is 836. The number of carbonyl (C=O) groups excluding carboxylic acids is 3. The van der Waals surface area contributed by atoms with Crippen molar-refractivity contribution >= 4 is 17.8 Å². The van der Waals surface area contributed by atoms with Crippen molar-refractivity contribution in [1.82, 2.24) is 10.6 Å². The summed E-state index contributed by atoms with van der Waals surface area (Å²) in [5, 5.41) is 3.63. The van der Waals surface area contributed by atoms with Crippen molar-refractivity contribution in [3.63, 3.8) is 0 Å². The quantitative estimate of drug-likeness (QED) is 0.0623. The van der Waals surface area contributed by atoms with Crippen LogP contribution in [0.25, 0.3) is 0 Å². The summed E-state index contributed by atoms with van der Waals surface area (Å²) in [5.41, 5.74) is 0. The minimum absolute atomic E-state index is 0.0772. The molecule has 0 heterocycles. The largest absolute Gasteiger partial charge is 0.464 e. The second-order valence-corrected chi connectivity index (χ2v) is 12.4. The number of alkyl halides is 7. The Morgan fingerprint density at radius 3 is 1.43 bits per heavy atom. The molecular formula is C31H53F7N2O4. The average molecular weight is 651 g/mol. The van der Waals surface area contributed by atoms with Gasteiger partial charge in [0.05, 0.1) is 6.61 Å².